The van der Waals surface area contributed by atoms with Gasteiger partial charge in [-0.25, -0.2) is 0 Å². The molecule has 0 amide bonds. The highest BCUT2D eigenvalue weighted by molar-refractivity contribution is 7.17. The molecule has 0 unspecified atom stereocenters. The Bertz CT molecular complexity index is 706. The molecule has 3 heteroatoms. The molecular formula is C17H14OS2. The molecule has 0 saturated carbocycles. The van der Waals surface area contributed by atoms with Crippen molar-refractivity contribution in [3.8, 4) is 10.4 Å². The Balaban J connectivity index is 1.76. The molecule has 0 aliphatic heterocycles. The summed E-state index contributed by atoms with van der Waals surface area (Å²) >= 11 is 3.26. The highest BCUT2D eigenvalue weighted by Crippen LogP contribution is 2.30. The third-order valence-electron chi connectivity index (χ3n) is 3.17. The fraction of sp³-hybridized carbons (Fsp3) is 0.118. The van der Waals surface area contributed by atoms with E-state index in [9.17, 15) is 4.79 Å². The van der Waals surface area contributed by atoms with Gasteiger partial charge in [-0.2, -0.15) is 11.3 Å². The maximum atomic E-state index is 12.3. The van der Waals surface area contributed by atoms with Crippen LogP contribution in [0.2, 0.25) is 0 Å². The van der Waals surface area contributed by atoms with E-state index in [1.165, 1.54) is 16.0 Å². The minimum absolute atomic E-state index is 0.195. The zero-order chi connectivity index (χ0) is 13.9. The van der Waals surface area contributed by atoms with Gasteiger partial charge in [-0.15, -0.1) is 11.3 Å². The van der Waals surface area contributed by atoms with Crippen LogP contribution in [0.4, 0.5) is 0 Å². The molecular weight excluding hydrogens is 284 g/mol. The Labute approximate surface area is 126 Å². The third-order valence-corrected chi connectivity index (χ3v) is 5.03. The number of ketones is 1. The van der Waals surface area contributed by atoms with Crippen molar-refractivity contribution in [3.05, 3.63) is 69.2 Å². The van der Waals surface area contributed by atoms with Crippen LogP contribution in [0, 0.1) is 6.92 Å². The van der Waals surface area contributed by atoms with Crippen molar-refractivity contribution in [2.45, 2.75) is 13.3 Å². The summed E-state index contributed by atoms with van der Waals surface area (Å²) in [5, 5.41) is 4.17. The number of hydrogen-bond donors (Lipinski definition) is 0. The van der Waals surface area contributed by atoms with Crippen molar-refractivity contribution in [3.63, 3.8) is 0 Å². The van der Waals surface area contributed by atoms with E-state index in [-0.39, 0.29) is 5.78 Å². The van der Waals surface area contributed by atoms with Gasteiger partial charge in [-0.3, -0.25) is 4.79 Å². The summed E-state index contributed by atoms with van der Waals surface area (Å²) in [5.74, 6) is 0.195. The maximum Gasteiger partial charge on any atom is 0.177 e. The zero-order valence-corrected chi connectivity index (χ0v) is 12.8. The Morgan fingerprint density at radius 3 is 2.55 bits per heavy atom. The van der Waals surface area contributed by atoms with Gasteiger partial charge in [0.15, 0.2) is 5.78 Å². The van der Waals surface area contributed by atoms with Gasteiger partial charge in [0.25, 0.3) is 0 Å². The predicted molar refractivity (Wildman–Crippen MR) is 86.8 cm³/mol. The highest BCUT2D eigenvalue weighted by atomic mass is 32.1. The van der Waals surface area contributed by atoms with Gasteiger partial charge in [-0.1, -0.05) is 29.8 Å². The van der Waals surface area contributed by atoms with E-state index in [0.29, 0.717) is 6.42 Å². The van der Waals surface area contributed by atoms with Crippen LogP contribution in [0.1, 0.15) is 20.8 Å². The molecule has 2 heterocycles. The Morgan fingerprint density at radius 1 is 1.05 bits per heavy atom. The summed E-state index contributed by atoms with van der Waals surface area (Å²) in [4.78, 5) is 14.3. The third kappa shape index (κ3) is 2.89. The second-order valence-corrected chi connectivity index (χ2v) is 6.63. The summed E-state index contributed by atoms with van der Waals surface area (Å²) < 4.78 is 0. The second-order valence-electron chi connectivity index (χ2n) is 4.76. The van der Waals surface area contributed by atoms with E-state index in [0.717, 1.165) is 10.4 Å². The van der Waals surface area contributed by atoms with E-state index >= 15 is 0 Å². The average Bonchev–Trinajstić information content (AvgIpc) is 3.11. The Morgan fingerprint density at radius 2 is 1.85 bits per heavy atom. The summed E-state index contributed by atoms with van der Waals surface area (Å²) in [5.41, 5.74) is 3.50. The first-order chi connectivity index (χ1) is 9.72. The van der Waals surface area contributed by atoms with Gasteiger partial charge in [0.2, 0.25) is 0 Å². The Hall–Kier alpha value is -1.71. The topological polar surface area (TPSA) is 17.1 Å². The van der Waals surface area contributed by atoms with Crippen LogP contribution >= 0.6 is 22.7 Å². The number of rotatable bonds is 4. The van der Waals surface area contributed by atoms with Gasteiger partial charge < -0.3 is 0 Å². The van der Waals surface area contributed by atoms with Crippen LogP contribution in [0.25, 0.3) is 10.4 Å². The number of hydrogen-bond acceptors (Lipinski definition) is 3. The van der Waals surface area contributed by atoms with Crippen LogP contribution in [-0.2, 0) is 6.42 Å². The standard InChI is InChI=1S/C17H14OS2/c1-12-2-4-13(5-3-12)10-15(18)17-7-6-16(20-17)14-8-9-19-11-14/h2-9,11H,10H2,1H3. The van der Waals surface area contributed by atoms with E-state index in [4.69, 9.17) is 0 Å². The van der Waals surface area contributed by atoms with Gasteiger partial charge >= 0.3 is 0 Å². The van der Waals surface area contributed by atoms with Crippen molar-refractivity contribution in [2.75, 3.05) is 0 Å². The lowest BCUT2D eigenvalue weighted by molar-refractivity contribution is 0.0997. The predicted octanol–water partition coefficient (Wildman–Crippen LogP) is 5.21. The molecule has 20 heavy (non-hydrogen) atoms. The smallest absolute Gasteiger partial charge is 0.177 e. The molecule has 0 fully saturated rings. The summed E-state index contributed by atoms with van der Waals surface area (Å²) in [6, 6.07) is 14.2. The van der Waals surface area contributed by atoms with Crippen molar-refractivity contribution < 1.29 is 4.79 Å². The molecule has 0 N–H and O–H groups in total. The minimum atomic E-state index is 0.195. The molecule has 100 valence electrons. The number of thiophene rings is 2. The normalized spacial score (nSPS) is 10.7. The fourth-order valence-corrected chi connectivity index (χ4v) is 3.70. The number of benzene rings is 1. The maximum absolute atomic E-state index is 12.3. The number of aryl methyl sites for hydroxylation is 1. The number of Topliss-reactive ketones (excluding diaryl/α,β-unsaturated/α-hetero) is 1. The Kier molecular flexibility index (Phi) is 3.81. The van der Waals surface area contributed by atoms with Gasteiger partial charge in [0.05, 0.1) is 4.88 Å². The fourth-order valence-electron chi connectivity index (χ4n) is 2.03. The first-order valence-electron chi connectivity index (χ1n) is 6.43. The monoisotopic (exact) mass is 298 g/mol. The summed E-state index contributed by atoms with van der Waals surface area (Å²) in [6.07, 6.45) is 0.476. The van der Waals surface area contributed by atoms with Gasteiger partial charge in [0.1, 0.15) is 0 Å². The van der Waals surface area contributed by atoms with Gasteiger partial charge in [-0.05, 0) is 41.4 Å². The highest BCUT2D eigenvalue weighted by Gasteiger charge is 2.11. The summed E-state index contributed by atoms with van der Waals surface area (Å²) in [7, 11) is 0. The molecule has 0 spiro atoms. The number of carbonyl (C=O) groups excluding carboxylic acids is 1. The van der Waals surface area contributed by atoms with Crippen molar-refractivity contribution >= 4 is 28.5 Å². The van der Waals surface area contributed by atoms with E-state index < -0.39 is 0 Å². The largest absolute Gasteiger partial charge is 0.293 e. The zero-order valence-electron chi connectivity index (χ0n) is 11.1. The van der Waals surface area contributed by atoms with Crippen LogP contribution < -0.4 is 0 Å². The molecule has 0 aliphatic carbocycles. The molecule has 3 rings (SSSR count). The summed E-state index contributed by atoms with van der Waals surface area (Å²) in [6.45, 7) is 2.05. The molecule has 0 saturated heterocycles. The van der Waals surface area contributed by atoms with E-state index in [2.05, 4.69) is 23.8 Å². The average molecular weight is 298 g/mol. The number of carbonyl (C=O) groups is 1. The SMILES string of the molecule is Cc1ccc(CC(=O)c2ccc(-c3ccsc3)s2)cc1. The van der Waals surface area contributed by atoms with Crippen LogP contribution in [-0.4, -0.2) is 5.78 Å². The first kappa shape index (κ1) is 13.3. The van der Waals surface area contributed by atoms with Gasteiger partial charge in [0, 0.05) is 16.9 Å². The van der Waals surface area contributed by atoms with Crippen LogP contribution in [0.3, 0.4) is 0 Å². The minimum Gasteiger partial charge on any atom is -0.293 e. The molecule has 0 aliphatic rings. The van der Waals surface area contributed by atoms with Crippen molar-refractivity contribution in [1.29, 1.82) is 0 Å². The van der Waals surface area contributed by atoms with E-state index in [1.54, 1.807) is 22.7 Å². The molecule has 0 atom stereocenters. The van der Waals surface area contributed by atoms with Crippen molar-refractivity contribution in [1.82, 2.24) is 0 Å². The molecule has 1 aromatic carbocycles. The van der Waals surface area contributed by atoms with Crippen LogP contribution in [0.5, 0.6) is 0 Å². The molecule has 0 radical (unpaired) electrons. The lowest BCUT2D eigenvalue weighted by Crippen LogP contribution is -2.00. The molecule has 3 aromatic rings. The molecule has 2 aromatic heterocycles. The molecule has 1 nitrogen and oxygen atoms in total. The van der Waals surface area contributed by atoms with Crippen molar-refractivity contribution in [2.24, 2.45) is 0 Å². The second kappa shape index (κ2) is 5.73. The first-order valence-corrected chi connectivity index (χ1v) is 8.19. The lowest BCUT2D eigenvalue weighted by Gasteiger charge is -2.00. The molecule has 0 bridgehead atoms. The lowest BCUT2D eigenvalue weighted by atomic mass is 10.1. The van der Waals surface area contributed by atoms with Crippen LogP contribution in [0.15, 0.2) is 53.2 Å². The van der Waals surface area contributed by atoms with E-state index in [1.807, 2.05) is 36.4 Å². The quantitative estimate of drug-likeness (QED) is 0.604.